The molecule has 0 spiro atoms. The number of ether oxygens (including phenoxy) is 2. The van der Waals surface area contributed by atoms with E-state index >= 15 is 0 Å². The third kappa shape index (κ3) is 6.15. The zero-order valence-corrected chi connectivity index (χ0v) is 15.9. The molecule has 0 saturated carbocycles. The Bertz CT molecular complexity index is 854. The molecule has 0 aliphatic rings. The first-order valence-corrected chi connectivity index (χ1v) is 8.61. The van der Waals surface area contributed by atoms with E-state index in [4.69, 9.17) is 14.6 Å². The molecule has 0 aliphatic heterocycles. The van der Waals surface area contributed by atoms with Crippen molar-refractivity contribution in [1.82, 2.24) is 5.32 Å². The Kier molecular flexibility index (Phi) is 6.81. The summed E-state index contributed by atoms with van der Waals surface area (Å²) in [4.78, 5) is 22.8. The molecule has 0 radical (unpaired) electrons. The number of rotatable bonds is 8. The zero-order valence-electron chi connectivity index (χ0n) is 15.9. The zero-order chi connectivity index (χ0) is 20.7. The van der Waals surface area contributed by atoms with Crippen LogP contribution in [0.25, 0.3) is 0 Å². The van der Waals surface area contributed by atoms with Crippen LogP contribution in [0.5, 0.6) is 17.2 Å². The summed E-state index contributed by atoms with van der Waals surface area (Å²) >= 11 is 0. The fraction of sp³-hybridized carbons (Fsp3) is 0.300. The maximum absolute atomic E-state index is 14.4. The Labute approximate surface area is 162 Å². The Balaban J connectivity index is 2.02. The number of aliphatic carboxylic acids is 1. The summed E-state index contributed by atoms with van der Waals surface area (Å²) in [7, 11) is 1.49. The topological polar surface area (TPSA) is 96.9 Å². The van der Waals surface area contributed by atoms with E-state index in [0.717, 1.165) is 6.07 Å². The number of carboxylic acid groups (broad SMARTS) is 1. The number of carbonyl (C=O) groups excluding carboxylic acids is 1. The molecule has 28 heavy (non-hydrogen) atoms. The van der Waals surface area contributed by atoms with Gasteiger partial charge in [0.25, 0.3) is 0 Å². The maximum Gasteiger partial charge on any atom is 0.319 e. The van der Waals surface area contributed by atoms with Crippen molar-refractivity contribution in [2.24, 2.45) is 0 Å². The normalized spacial score (nSPS) is 10.9. The van der Waals surface area contributed by atoms with Gasteiger partial charge in [0.1, 0.15) is 0 Å². The Morgan fingerprint density at radius 1 is 1.11 bits per heavy atom. The van der Waals surface area contributed by atoms with Crippen LogP contribution in [0.1, 0.15) is 26.7 Å². The smallest absolute Gasteiger partial charge is 0.319 e. The highest BCUT2D eigenvalue weighted by Gasteiger charge is 2.21. The van der Waals surface area contributed by atoms with Crippen LogP contribution in [-0.4, -0.2) is 29.8 Å². The molecule has 2 aromatic rings. The van der Waals surface area contributed by atoms with Gasteiger partial charge >= 0.3 is 12.0 Å². The maximum atomic E-state index is 14.4. The van der Waals surface area contributed by atoms with Gasteiger partial charge in [0.2, 0.25) is 0 Å². The first-order chi connectivity index (χ1) is 13.2. The number of nitrogens with one attached hydrogen (secondary N) is 2. The monoisotopic (exact) mass is 390 g/mol. The summed E-state index contributed by atoms with van der Waals surface area (Å²) in [5.41, 5.74) is -0.495. The summed E-state index contributed by atoms with van der Waals surface area (Å²) < 4.78 is 25.1. The van der Waals surface area contributed by atoms with E-state index in [9.17, 15) is 14.0 Å². The average Bonchev–Trinajstić information content (AvgIpc) is 2.62. The van der Waals surface area contributed by atoms with E-state index in [-0.39, 0.29) is 24.3 Å². The Hall–Kier alpha value is -3.29. The third-order valence-corrected chi connectivity index (χ3v) is 3.89. The van der Waals surface area contributed by atoms with Crippen molar-refractivity contribution in [2.45, 2.75) is 32.2 Å². The quantitative estimate of drug-likeness (QED) is 0.621. The van der Waals surface area contributed by atoms with Gasteiger partial charge in [-0.1, -0.05) is 12.1 Å². The lowest BCUT2D eigenvalue weighted by Gasteiger charge is -2.25. The van der Waals surface area contributed by atoms with Crippen molar-refractivity contribution >= 4 is 17.7 Å². The summed E-state index contributed by atoms with van der Waals surface area (Å²) in [6, 6.07) is 10.3. The fourth-order valence-corrected chi connectivity index (χ4v) is 2.43. The van der Waals surface area contributed by atoms with Crippen LogP contribution in [0.3, 0.4) is 0 Å². The number of carbonyl (C=O) groups is 2. The second kappa shape index (κ2) is 9.07. The molecule has 2 amide bonds. The molecular weight excluding hydrogens is 367 g/mol. The number of anilines is 1. The molecule has 0 saturated heterocycles. The van der Waals surface area contributed by atoms with E-state index in [1.807, 2.05) is 0 Å². The number of carboxylic acids is 1. The van der Waals surface area contributed by atoms with Gasteiger partial charge in [-0.2, -0.15) is 0 Å². The number of urea groups is 1. The Morgan fingerprint density at radius 2 is 1.79 bits per heavy atom. The Morgan fingerprint density at radius 3 is 2.39 bits per heavy atom. The van der Waals surface area contributed by atoms with E-state index < -0.39 is 23.4 Å². The predicted octanol–water partition coefficient (Wildman–Crippen LogP) is 4.39. The lowest BCUT2D eigenvalue weighted by molar-refractivity contribution is -0.137. The fourth-order valence-electron chi connectivity index (χ4n) is 2.43. The van der Waals surface area contributed by atoms with Crippen LogP contribution < -0.4 is 20.1 Å². The van der Waals surface area contributed by atoms with E-state index in [2.05, 4.69) is 10.6 Å². The van der Waals surface area contributed by atoms with E-state index in [1.165, 1.54) is 19.2 Å². The van der Waals surface area contributed by atoms with Gasteiger partial charge < -0.3 is 25.2 Å². The van der Waals surface area contributed by atoms with Crippen LogP contribution in [-0.2, 0) is 4.79 Å². The van der Waals surface area contributed by atoms with Gasteiger partial charge in [-0.3, -0.25) is 4.79 Å². The first-order valence-electron chi connectivity index (χ1n) is 8.61. The SMILES string of the molecule is COc1ccccc1Oc1ccc(NC(=O)NC(C)(C)CCC(=O)O)cc1F. The highest BCUT2D eigenvalue weighted by Crippen LogP contribution is 2.33. The molecule has 0 heterocycles. The van der Waals surface area contributed by atoms with Crippen LogP contribution in [0, 0.1) is 5.82 Å². The van der Waals surface area contributed by atoms with Gasteiger partial charge in [-0.25, -0.2) is 9.18 Å². The van der Waals surface area contributed by atoms with E-state index in [0.29, 0.717) is 11.5 Å². The van der Waals surface area contributed by atoms with Crippen molar-refractivity contribution < 1.29 is 28.6 Å². The number of halogens is 1. The molecule has 0 fully saturated rings. The first kappa shape index (κ1) is 21.0. The van der Waals surface area contributed by atoms with Crippen LogP contribution in [0.15, 0.2) is 42.5 Å². The minimum absolute atomic E-state index is 0.0164. The highest BCUT2D eigenvalue weighted by molar-refractivity contribution is 5.89. The second-order valence-corrected chi connectivity index (χ2v) is 6.75. The average molecular weight is 390 g/mol. The summed E-state index contributed by atoms with van der Waals surface area (Å²) in [5.74, 6) is -0.788. The molecular formula is C20H23FN2O5. The van der Waals surface area contributed by atoms with Crippen molar-refractivity contribution in [3.63, 3.8) is 0 Å². The molecule has 2 rings (SSSR count). The van der Waals surface area contributed by atoms with Crippen molar-refractivity contribution in [2.75, 3.05) is 12.4 Å². The molecule has 150 valence electrons. The van der Waals surface area contributed by atoms with Crippen LogP contribution in [0.4, 0.5) is 14.9 Å². The third-order valence-electron chi connectivity index (χ3n) is 3.89. The number of benzene rings is 2. The number of amides is 2. The van der Waals surface area contributed by atoms with Gasteiger partial charge in [0.15, 0.2) is 23.1 Å². The van der Waals surface area contributed by atoms with Gasteiger partial charge in [-0.15, -0.1) is 0 Å². The molecule has 0 unspecified atom stereocenters. The highest BCUT2D eigenvalue weighted by atomic mass is 19.1. The van der Waals surface area contributed by atoms with Gasteiger partial charge in [-0.05, 0) is 44.5 Å². The minimum Gasteiger partial charge on any atom is -0.493 e. The number of hydrogen-bond donors (Lipinski definition) is 3. The number of hydrogen-bond acceptors (Lipinski definition) is 4. The number of para-hydroxylation sites is 2. The molecule has 0 aliphatic carbocycles. The number of methoxy groups -OCH3 is 1. The van der Waals surface area contributed by atoms with Gasteiger partial charge in [0, 0.05) is 23.7 Å². The molecule has 3 N–H and O–H groups in total. The largest absolute Gasteiger partial charge is 0.493 e. The standard InChI is InChI=1S/C20H23FN2O5/c1-20(2,11-10-18(24)25)23-19(26)22-13-8-9-15(14(21)12-13)28-17-7-5-4-6-16(17)27-3/h4-9,12H,10-11H2,1-3H3,(H,24,25)(H2,22,23,26). The molecule has 7 nitrogen and oxygen atoms in total. The summed E-state index contributed by atoms with van der Waals surface area (Å²) in [6.45, 7) is 3.42. The molecule has 2 aromatic carbocycles. The lowest BCUT2D eigenvalue weighted by atomic mass is 9.99. The predicted molar refractivity (Wildman–Crippen MR) is 103 cm³/mol. The van der Waals surface area contributed by atoms with Crippen molar-refractivity contribution in [3.05, 3.63) is 48.3 Å². The van der Waals surface area contributed by atoms with E-state index in [1.54, 1.807) is 38.1 Å². The van der Waals surface area contributed by atoms with Gasteiger partial charge in [0.05, 0.1) is 7.11 Å². The van der Waals surface area contributed by atoms with Crippen molar-refractivity contribution in [3.8, 4) is 17.2 Å². The molecule has 8 heteroatoms. The summed E-state index contributed by atoms with van der Waals surface area (Å²) in [5, 5.41) is 13.9. The molecule has 0 atom stereocenters. The summed E-state index contributed by atoms with van der Waals surface area (Å²) in [6.07, 6.45) is 0.187. The molecule has 0 bridgehead atoms. The van der Waals surface area contributed by atoms with Crippen molar-refractivity contribution in [1.29, 1.82) is 0 Å². The van der Waals surface area contributed by atoms with Crippen LogP contribution >= 0.6 is 0 Å². The minimum atomic E-state index is -0.942. The lowest BCUT2D eigenvalue weighted by Crippen LogP contribution is -2.45. The second-order valence-electron chi connectivity index (χ2n) is 6.75. The molecule has 0 aromatic heterocycles. The van der Waals surface area contributed by atoms with Crippen LogP contribution in [0.2, 0.25) is 0 Å².